The number of amides is 2. The summed E-state index contributed by atoms with van der Waals surface area (Å²) in [5.74, 6) is -1.66. The SMILES string of the molecule is Cc1[nH]c(C(=O)O)c(C)c1C.Nc1ccc(CNC(=O)[C@H](Cc2cccc(C(F)(F)F)c2)NC(=O)c2ccc[nH]2)cn1. The maximum atomic E-state index is 13.0. The number of rotatable bonds is 8. The highest BCUT2D eigenvalue weighted by atomic mass is 19.4. The molecule has 0 bridgehead atoms. The number of carboxylic acid groups (broad SMARTS) is 1. The van der Waals surface area contributed by atoms with Crippen molar-refractivity contribution in [1.82, 2.24) is 25.6 Å². The van der Waals surface area contributed by atoms with Gasteiger partial charge in [0.2, 0.25) is 5.91 Å². The van der Waals surface area contributed by atoms with Gasteiger partial charge in [-0.2, -0.15) is 13.2 Å². The molecule has 0 saturated carbocycles. The normalized spacial score (nSPS) is 11.7. The first-order valence-electron chi connectivity index (χ1n) is 12.7. The molecular weight excluding hydrogens is 553 g/mol. The smallest absolute Gasteiger partial charge is 0.416 e. The Hall–Kier alpha value is -5.07. The molecule has 0 aliphatic heterocycles. The second kappa shape index (κ2) is 13.5. The summed E-state index contributed by atoms with van der Waals surface area (Å²) in [5, 5.41) is 13.9. The molecule has 7 N–H and O–H groups in total. The summed E-state index contributed by atoms with van der Waals surface area (Å²) in [5.41, 5.74) is 8.96. The molecule has 0 spiro atoms. The lowest BCUT2D eigenvalue weighted by Crippen LogP contribution is -2.48. The Morgan fingerprint density at radius 2 is 1.76 bits per heavy atom. The highest BCUT2D eigenvalue weighted by Crippen LogP contribution is 2.29. The van der Waals surface area contributed by atoms with E-state index < -0.39 is 35.6 Å². The molecule has 4 rings (SSSR count). The lowest BCUT2D eigenvalue weighted by molar-refractivity contribution is -0.137. The van der Waals surface area contributed by atoms with Crippen molar-refractivity contribution in [2.75, 3.05) is 5.73 Å². The van der Waals surface area contributed by atoms with Crippen LogP contribution in [0.3, 0.4) is 0 Å². The van der Waals surface area contributed by atoms with Gasteiger partial charge in [0.1, 0.15) is 23.2 Å². The number of nitrogen functional groups attached to an aromatic ring is 1. The van der Waals surface area contributed by atoms with E-state index in [0.717, 1.165) is 29.0 Å². The monoisotopic (exact) mass is 584 g/mol. The third-order valence-electron chi connectivity index (χ3n) is 6.50. The number of aromatic amines is 2. The summed E-state index contributed by atoms with van der Waals surface area (Å²) in [7, 11) is 0. The number of nitrogens with one attached hydrogen (secondary N) is 4. The van der Waals surface area contributed by atoms with Gasteiger partial charge in [-0.25, -0.2) is 9.78 Å². The number of halogens is 3. The Balaban J connectivity index is 0.000000369. The van der Waals surface area contributed by atoms with Crippen LogP contribution in [-0.2, 0) is 23.9 Å². The number of H-pyrrole nitrogens is 2. The molecule has 3 heterocycles. The molecule has 10 nitrogen and oxygen atoms in total. The van der Waals surface area contributed by atoms with Crippen molar-refractivity contribution in [3.05, 3.63) is 106 Å². The second-order valence-electron chi connectivity index (χ2n) is 9.50. The minimum Gasteiger partial charge on any atom is -0.477 e. The topological polar surface area (TPSA) is 166 Å². The minimum atomic E-state index is -4.51. The third kappa shape index (κ3) is 8.46. The zero-order valence-electron chi connectivity index (χ0n) is 23.1. The maximum Gasteiger partial charge on any atom is 0.416 e. The van der Waals surface area contributed by atoms with E-state index in [2.05, 4.69) is 25.6 Å². The molecule has 0 aliphatic rings. The predicted octanol–water partition coefficient (Wildman–Crippen LogP) is 4.31. The fraction of sp³-hybridized carbons (Fsp3) is 0.241. The van der Waals surface area contributed by atoms with Gasteiger partial charge in [-0.3, -0.25) is 9.59 Å². The maximum absolute atomic E-state index is 13.0. The van der Waals surface area contributed by atoms with Crippen molar-refractivity contribution < 1.29 is 32.7 Å². The van der Waals surface area contributed by atoms with Crippen LogP contribution in [0.2, 0.25) is 0 Å². The lowest BCUT2D eigenvalue weighted by Gasteiger charge is -2.19. The first-order valence-corrected chi connectivity index (χ1v) is 12.7. The van der Waals surface area contributed by atoms with Gasteiger partial charge >= 0.3 is 12.1 Å². The highest BCUT2D eigenvalue weighted by Gasteiger charge is 2.31. The quantitative estimate of drug-likeness (QED) is 0.181. The molecule has 0 saturated heterocycles. The lowest BCUT2D eigenvalue weighted by atomic mass is 10.0. The van der Waals surface area contributed by atoms with Crippen LogP contribution in [0, 0.1) is 20.8 Å². The molecule has 1 atom stereocenters. The second-order valence-corrected chi connectivity index (χ2v) is 9.50. The Kier molecular flexibility index (Phi) is 10.1. The number of alkyl halides is 3. The van der Waals surface area contributed by atoms with E-state index in [1.165, 1.54) is 24.4 Å². The average molecular weight is 585 g/mol. The molecular formula is C29H31F3N6O4. The fourth-order valence-electron chi connectivity index (χ4n) is 3.94. The van der Waals surface area contributed by atoms with Gasteiger partial charge in [0, 0.05) is 31.1 Å². The number of hydrogen-bond donors (Lipinski definition) is 6. The molecule has 3 aromatic heterocycles. The Bertz CT molecular complexity index is 1530. The summed E-state index contributed by atoms with van der Waals surface area (Å²) >= 11 is 0. The summed E-state index contributed by atoms with van der Waals surface area (Å²) in [4.78, 5) is 45.2. The number of nitrogens with zero attached hydrogens (tertiary/aromatic N) is 1. The van der Waals surface area contributed by atoms with E-state index in [-0.39, 0.29) is 24.2 Å². The number of carboxylic acids is 1. The van der Waals surface area contributed by atoms with Crippen LogP contribution in [0.1, 0.15) is 54.5 Å². The first kappa shape index (κ1) is 31.5. The van der Waals surface area contributed by atoms with Gasteiger partial charge in [0.25, 0.3) is 5.91 Å². The van der Waals surface area contributed by atoms with E-state index in [0.29, 0.717) is 17.1 Å². The third-order valence-corrected chi connectivity index (χ3v) is 6.50. The summed E-state index contributed by atoms with van der Waals surface area (Å²) < 4.78 is 39.1. The van der Waals surface area contributed by atoms with Gasteiger partial charge in [-0.15, -0.1) is 0 Å². The van der Waals surface area contributed by atoms with Gasteiger partial charge in [-0.1, -0.05) is 24.3 Å². The van der Waals surface area contributed by atoms with E-state index in [4.69, 9.17) is 10.8 Å². The van der Waals surface area contributed by atoms with Gasteiger partial charge < -0.3 is 31.4 Å². The van der Waals surface area contributed by atoms with Crippen molar-refractivity contribution in [2.45, 2.75) is 46.0 Å². The van der Waals surface area contributed by atoms with E-state index in [1.807, 2.05) is 20.8 Å². The van der Waals surface area contributed by atoms with Crippen molar-refractivity contribution in [2.24, 2.45) is 0 Å². The fourth-order valence-corrected chi connectivity index (χ4v) is 3.94. The predicted molar refractivity (Wildman–Crippen MR) is 150 cm³/mol. The minimum absolute atomic E-state index is 0.115. The van der Waals surface area contributed by atoms with Crippen molar-refractivity contribution >= 4 is 23.6 Å². The number of benzene rings is 1. The zero-order chi connectivity index (χ0) is 31.0. The van der Waals surface area contributed by atoms with Crippen LogP contribution in [0.15, 0.2) is 60.9 Å². The number of carbonyl (C=O) groups is 3. The molecule has 2 amide bonds. The van der Waals surface area contributed by atoms with Gasteiger partial charge in [0.05, 0.1) is 5.56 Å². The first-order chi connectivity index (χ1) is 19.8. The summed E-state index contributed by atoms with van der Waals surface area (Å²) in [6.07, 6.45) is -1.59. The number of hydrogen-bond acceptors (Lipinski definition) is 5. The van der Waals surface area contributed by atoms with E-state index in [9.17, 15) is 27.6 Å². The van der Waals surface area contributed by atoms with Gasteiger partial charge in [-0.05, 0) is 67.3 Å². The number of aromatic nitrogens is 3. The van der Waals surface area contributed by atoms with E-state index >= 15 is 0 Å². The molecule has 1 aromatic carbocycles. The van der Waals surface area contributed by atoms with Crippen molar-refractivity contribution in [3.63, 3.8) is 0 Å². The Morgan fingerprint density at radius 1 is 1.02 bits per heavy atom. The number of aromatic carboxylic acids is 1. The standard InChI is InChI=1S/C21H20F3N5O2.C8H11NO2/c22-21(23,24)15-4-1-3-13(9-15)10-17(29-20(31)16-5-2-8-26-16)19(30)28-12-14-6-7-18(25)27-11-14;1-4-5(2)7(8(10)11)9-6(4)3/h1-9,11,17,26H,10,12H2,(H2,25,27)(H,28,30)(H,29,31);9H,1-3H3,(H,10,11)/t17-;/m0./s1. The van der Waals surface area contributed by atoms with Gasteiger partial charge in [0.15, 0.2) is 0 Å². The van der Waals surface area contributed by atoms with Crippen molar-refractivity contribution in [3.8, 4) is 0 Å². The molecule has 42 heavy (non-hydrogen) atoms. The molecule has 13 heteroatoms. The number of nitrogens with two attached hydrogens (primary N) is 1. The van der Waals surface area contributed by atoms with E-state index in [1.54, 1.807) is 24.4 Å². The molecule has 0 aliphatic carbocycles. The zero-order valence-corrected chi connectivity index (χ0v) is 23.1. The van der Waals surface area contributed by atoms with Crippen LogP contribution in [-0.4, -0.2) is 43.9 Å². The number of pyridine rings is 1. The number of carbonyl (C=O) groups excluding carboxylic acids is 2. The van der Waals surface area contributed by atoms with Crippen LogP contribution in [0.4, 0.5) is 19.0 Å². The number of anilines is 1. The Morgan fingerprint density at radius 3 is 2.29 bits per heavy atom. The molecule has 222 valence electrons. The molecule has 0 radical (unpaired) electrons. The van der Waals surface area contributed by atoms with Crippen molar-refractivity contribution in [1.29, 1.82) is 0 Å². The van der Waals surface area contributed by atoms with Crippen LogP contribution >= 0.6 is 0 Å². The largest absolute Gasteiger partial charge is 0.477 e. The van der Waals surface area contributed by atoms with Crippen LogP contribution < -0.4 is 16.4 Å². The summed E-state index contributed by atoms with van der Waals surface area (Å²) in [6, 6.07) is 9.95. The average Bonchev–Trinajstić information content (AvgIpc) is 3.57. The van der Waals surface area contributed by atoms with Crippen LogP contribution in [0.5, 0.6) is 0 Å². The Labute approximate surface area is 239 Å². The summed E-state index contributed by atoms with van der Waals surface area (Å²) in [6.45, 7) is 5.70. The highest BCUT2D eigenvalue weighted by molar-refractivity contribution is 5.96. The molecule has 0 unspecified atom stereocenters. The molecule has 4 aromatic rings. The van der Waals surface area contributed by atoms with Crippen LogP contribution in [0.25, 0.3) is 0 Å². The number of aryl methyl sites for hydroxylation is 1. The molecule has 0 fully saturated rings.